The molecule has 0 bridgehead atoms. The summed E-state index contributed by atoms with van der Waals surface area (Å²) in [4.78, 5) is 15.8. The first kappa shape index (κ1) is 12.1. The highest BCUT2D eigenvalue weighted by Crippen LogP contribution is 2.16. The molecule has 1 heterocycles. The van der Waals surface area contributed by atoms with Gasteiger partial charge in [0, 0.05) is 17.1 Å². The molecule has 1 amide bonds. The molecule has 0 fully saturated rings. The molecule has 4 nitrogen and oxygen atoms in total. The zero-order valence-electron chi connectivity index (χ0n) is 8.72. The number of carbonyl (C=O) groups excluding carboxylic acids is 1. The number of ether oxygens (including phenoxy) is 1. The van der Waals surface area contributed by atoms with Crippen LogP contribution in [0.2, 0.25) is 0 Å². The summed E-state index contributed by atoms with van der Waals surface area (Å²) < 4.78 is 5.26. The minimum absolute atomic E-state index is 0.194. The molecule has 2 rings (SSSR count). The number of nitrogens with one attached hydrogen (secondary N) is 1. The summed E-state index contributed by atoms with van der Waals surface area (Å²) in [6.45, 7) is 0. The van der Waals surface area contributed by atoms with Crippen LogP contribution in [0.5, 0.6) is 5.75 Å². The third-order valence-corrected chi connectivity index (χ3v) is 2.89. The second kappa shape index (κ2) is 5.79. The average Bonchev–Trinajstić information content (AvgIpc) is 2.83. The van der Waals surface area contributed by atoms with Crippen molar-refractivity contribution < 1.29 is 9.53 Å². The van der Waals surface area contributed by atoms with Crippen LogP contribution >= 0.6 is 27.3 Å². The van der Waals surface area contributed by atoms with Gasteiger partial charge in [-0.05, 0) is 34.1 Å². The molecule has 0 aliphatic carbocycles. The van der Waals surface area contributed by atoms with E-state index in [1.807, 2.05) is 0 Å². The summed E-state index contributed by atoms with van der Waals surface area (Å²) in [6.07, 6.45) is 1.64. The number of carbonyl (C=O) groups is 1. The Labute approximate surface area is 111 Å². The van der Waals surface area contributed by atoms with E-state index in [1.54, 1.807) is 35.8 Å². The van der Waals surface area contributed by atoms with Gasteiger partial charge < -0.3 is 4.74 Å². The first-order valence-electron chi connectivity index (χ1n) is 4.79. The number of amides is 1. The lowest BCUT2D eigenvalue weighted by Gasteiger charge is -2.05. The molecule has 0 unspecified atom stereocenters. The van der Waals surface area contributed by atoms with E-state index in [0.717, 1.165) is 0 Å². The molecule has 6 heteroatoms. The van der Waals surface area contributed by atoms with Crippen LogP contribution in [-0.4, -0.2) is 16.4 Å². The third-order valence-electron chi connectivity index (χ3n) is 1.97. The van der Waals surface area contributed by atoms with E-state index >= 15 is 0 Å². The van der Waals surface area contributed by atoms with Crippen LogP contribution in [0, 0.1) is 0 Å². The Morgan fingerprint density at radius 1 is 1.53 bits per heavy atom. The van der Waals surface area contributed by atoms with Crippen LogP contribution < -0.4 is 10.1 Å². The van der Waals surface area contributed by atoms with Gasteiger partial charge in [-0.25, -0.2) is 4.98 Å². The molecule has 0 spiro atoms. The van der Waals surface area contributed by atoms with Crippen LogP contribution in [0.4, 0.5) is 5.13 Å². The van der Waals surface area contributed by atoms with E-state index in [9.17, 15) is 4.79 Å². The van der Waals surface area contributed by atoms with Gasteiger partial charge >= 0.3 is 0 Å². The van der Waals surface area contributed by atoms with E-state index < -0.39 is 0 Å². The van der Waals surface area contributed by atoms with Crippen molar-refractivity contribution in [2.24, 2.45) is 0 Å². The van der Waals surface area contributed by atoms with Gasteiger partial charge in [-0.1, -0.05) is 6.07 Å². The predicted molar refractivity (Wildman–Crippen MR) is 70.9 cm³/mol. The Hall–Kier alpha value is -1.40. The highest BCUT2D eigenvalue weighted by atomic mass is 79.9. The number of anilines is 1. The second-order valence-electron chi connectivity index (χ2n) is 3.07. The SMILES string of the molecule is O=C(Nc1nccs1)c1cccc(OCBr)c1. The maximum absolute atomic E-state index is 11.9. The average molecular weight is 313 g/mol. The topological polar surface area (TPSA) is 51.2 Å². The molecule has 0 aliphatic rings. The van der Waals surface area contributed by atoms with Gasteiger partial charge in [0.1, 0.15) is 11.3 Å². The summed E-state index contributed by atoms with van der Waals surface area (Å²) in [5.74, 6) is 0.452. The fourth-order valence-electron chi connectivity index (χ4n) is 1.24. The largest absolute Gasteiger partial charge is 0.482 e. The number of hydrogen-bond donors (Lipinski definition) is 1. The molecule has 88 valence electrons. The van der Waals surface area contributed by atoms with Crippen molar-refractivity contribution in [2.45, 2.75) is 0 Å². The number of nitrogens with zero attached hydrogens (tertiary/aromatic N) is 1. The molecule has 2 aromatic rings. The van der Waals surface area contributed by atoms with Gasteiger partial charge in [0.05, 0.1) is 0 Å². The molecule has 0 atom stereocenters. The van der Waals surface area contributed by atoms with Crippen LogP contribution in [0.1, 0.15) is 10.4 Å². The zero-order chi connectivity index (χ0) is 12.1. The molecule has 1 N–H and O–H groups in total. The van der Waals surface area contributed by atoms with Gasteiger partial charge in [-0.15, -0.1) is 11.3 Å². The summed E-state index contributed by atoms with van der Waals surface area (Å²) >= 11 is 4.54. The summed E-state index contributed by atoms with van der Waals surface area (Å²) in [5.41, 5.74) is 0.934. The first-order valence-corrected chi connectivity index (χ1v) is 6.79. The summed E-state index contributed by atoms with van der Waals surface area (Å²) in [6, 6.07) is 6.98. The van der Waals surface area contributed by atoms with E-state index in [1.165, 1.54) is 11.3 Å². The first-order chi connectivity index (χ1) is 8.29. The zero-order valence-corrected chi connectivity index (χ0v) is 11.1. The molecular formula is C11H9BrN2O2S. The maximum Gasteiger partial charge on any atom is 0.257 e. The van der Waals surface area contributed by atoms with Crippen LogP contribution in [0.25, 0.3) is 0 Å². The number of hydrogen-bond acceptors (Lipinski definition) is 4. The normalized spacial score (nSPS) is 9.94. The molecule has 0 saturated carbocycles. The van der Waals surface area contributed by atoms with E-state index in [0.29, 0.717) is 22.0 Å². The number of halogens is 1. The Bertz CT molecular complexity index is 502. The predicted octanol–water partition coefficient (Wildman–Crippen LogP) is 3.13. The Balaban J connectivity index is 2.11. The number of aromatic nitrogens is 1. The van der Waals surface area contributed by atoms with E-state index in [-0.39, 0.29) is 5.91 Å². The number of rotatable bonds is 4. The Kier molecular flexibility index (Phi) is 4.11. The van der Waals surface area contributed by atoms with E-state index in [2.05, 4.69) is 26.2 Å². The van der Waals surface area contributed by atoms with Crippen LogP contribution in [0.3, 0.4) is 0 Å². The highest BCUT2D eigenvalue weighted by molar-refractivity contribution is 9.09. The lowest BCUT2D eigenvalue weighted by molar-refractivity contribution is 0.102. The van der Waals surface area contributed by atoms with Crippen molar-refractivity contribution in [1.82, 2.24) is 4.98 Å². The molecular weight excluding hydrogens is 304 g/mol. The van der Waals surface area contributed by atoms with Crippen molar-refractivity contribution in [2.75, 3.05) is 10.8 Å². The van der Waals surface area contributed by atoms with Crippen LogP contribution in [0.15, 0.2) is 35.8 Å². The number of alkyl halides is 1. The lowest BCUT2D eigenvalue weighted by atomic mass is 10.2. The van der Waals surface area contributed by atoms with Gasteiger partial charge in [-0.3, -0.25) is 10.1 Å². The smallest absolute Gasteiger partial charge is 0.257 e. The fourth-order valence-corrected chi connectivity index (χ4v) is 2.03. The van der Waals surface area contributed by atoms with Gasteiger partial charge in [0.25, 0.3) is 5.91 Å². The van der Waals surface area contributed by atoms with Crippen molar-refractivity contribution in [3.63, 3.8) is 0 Å². The molecule has 0 saturated heterocycles. The Morgan fingerprint density at radius 3 is 3.12 bits per heavy atom. The fraction of sp³-hybridized carbons (Fsp3) is 0.0909. The molecule has 0 aliphatic heterocycles. The van der Waals surface area contributed by atoms with Crippen LogP contribution in [-0.2, 0) is 0 Å². The number of benzene rings is 1. The van der Waals surface area contributed by atoms with Crippen molar-refractivity contribution >= 4 is 38.3 Å². The summed E-state index contributed by atoms with van der Waals surface area (Å²) in [5, 5.41) is 5.10. The molecule has 17 heavy (non-hydrogen) atoms. The summed E-state index contributed by atoms with van der Waals surface area (Å²) in [7, 11) is 0. The van der Waals surface area contributed by atoms with E-state index in [4.69, 9.17) is 4.74 Å². The molecule has 1 aromatic heterocycles. The molecule has 0 radical (unpaired) electrons. The number of thiazole rings is 1. The van der Waals surface area contributed by atoms with Gasteiger partial charge in [0.2, 0.25) is 0 Å². The van der Waals surface area contributed by atoms with Crippen molar-refractivity contribution in [1.29, 1.82) is 0 Å². The third kappa shape index (κ3) is 3.28. The quantitative estimate of drug-likeness (QED) is 0.882. The highest BCUT2D eigenvalue weighted by Gasteiger charge is 2.08. The molecule has 1 aromatic carbocycles. The minimum Gasteiger partial charge on any atom is -0.482 e. The monoisotopic (exact) mass is 312 g/mol. The minimum atomic E-state index is -0.194. The van der Waals surface area contributed by atoms with Crippen molar-refractivity contribution in [3.05, 3.63) is 41.4 Å². The van der Waals surface area contributed by atoms with Gasteiger partial charge in [-0.2, -0.15) is 0 Å². The standard InChI is InChI=1S/C11H9BrN2O2S/c12-7-16-9-3-1-2-8(6-9)10(15)14-11-13-4-5-17-11/h1-6H,7H2,(H,13,14,15). The lowest BCUT2D eigenvalue weighted by Crippen LogP contribution is -2.11. The Morgan fingerprint density at radius 2 is 2.41 bits per heavy atom. The maximum atomic E-state index is 11.9. The van der Waals surface area contributed by atoms with Gasteiger partial charge in [0.15, 0.2) is 5.13 Å². The van der Waals surface area contributed by atoms with Crippen molar-refractivity contribution in [3.8, 4) is 5.75 Å². The second-order valence-corrected chi connectivity index (χ2v) is 4.43.